The first-order valence-corrected chi connectivity index (χ1v) is 10.8. The Morgan fingerprint density at radius 1 is 1.16 bits per heavy atom. The molecule has 0 unspecified atom stereocenters. The number of aliphatic hydroxyl groups is 1. The van der Waals surface area contributed by atoms with Gasteiger partial charge in [-0.15, -0.1) is 0 Å². The molecule has 5 nitrogen and oxygen atoms in total. The number of alkyl halides is 3. The number of aliphatic hydroxyl groups excluding tert-OH is 1. The van der Waals surface area contributed by atoms with Crippen LogP contribution in [0.25, 0.3) is 0 Å². The Hall–Kier alpha value is -2.35. The van der Waals surface area contributed by atoms with Crippen LogP contribution >= 0.6 is 0 Å². The quantitative estimate of drug-likeness (QED) is 0.705. The summed E-state index contributed by atoms with van der Waals surface area (Å²) in [5.41, 5.74) is 0.865. The summed E-state index contributed by atoms with van der Waals surface area (Å²) in [5, 5.41) is 14.1. The van der Waals surface area contributed by atoms with Gasteiger partial charge in [0.25, 0.3) is 5.91 Å². The Morgan fingerprint density at radius 3 is 2.26 bits per heavy atom. The molecular formula is C23H27F3N2O3. The predicted molar refractivity (Wildman–Crippen MR) is 108 cm³/mol. The van der Waals surface area contributed by atoms with E-state index in [1.165, 1.54) is 30.5 Å². The number of benzene rings is 1. The van der Waals surface area contributed by atoms with Crippen molar-refractivity contribution in [2.75, 3.05) is 6.61 Å². The first kappa shape index (κ1) is 21.9. The normalized spacial score (nSPS) is 25.3. The van der Waals surface area contributed by atoms with Crippen LogP contribution in [0.15, 0.2) is 41.1 Å². The van der Waals surface area contributed by atoms with Crippen LogP contribution in [0.1, 0.15) is 73.0 Å². The van der Waals surface area contributed by atoms with Gasteiger partial charge in [0.1, 0.15) is 6.26 Å². The molecule has 1 N–H and O–H groups in total. The molecule has 2 aliphatic rings. The molecule has 2 aromatic rings. The van der Waals surface area contributed by atoms with E-state index >= 15 is 0 Å². The van der Waals surface area contributed by atoms with E-state index in [1.807, 2.05) is 4.90 Å². The minimum Gasteiger partial charge on any atom is -0.395 e. The fourth-order valence-corrected chi connectivity index (χ4v) is 4.65. The maximum Gasteiger partial charge on any atom is 0.395 e. The molecule has 1 heterocycles. The lowest BCUT2D eigenvalue weighted by Crippen LogP contribution is -2.47. The zero-order valence-corrected chi connectivity index (χ0v) is 17.4. The second kappa shape index (κ2) is 8.30. The third kappa shape index (κ3) is 4.35. The summed E-state index contributed by atoms with van der Waals surface area (Å²) in [7, 11) is 0. The van der Waals surface area contributed by atoms with Crippen molar-refractivity contribution in [2.24, 2.45) is 0 Å². The van der Waals surface area contributed by atoms with Gasteiger partial charge in [0, 0.05) is 29.1 Å². The van der Waals surface area contributed by atoms with Crippen molar-refractivity contribution in [1.82, 2.24) is 10.1 Å². The molecule has 168 valence electrons. The van der Waals surface area contributed by atoms with Gasteiger partial charge in [-0.25, -0.2) is 0 Å². The fourth-order valence-electron chi connectivity index (χ4n) is 4.65. The predicted octanol–water partition coefficient (Wildman–Crippen LogP) is 4.82. The number of amides is 1. The molecular weight excluding hydrogens is 409 g/mol. The monoisotopic (exact) mass is 436 g/mol. The smallest absolute Gasteiger partial charge is 0.395 e. The van der Waals surface area contributed by atoms with Crippen molar-refractivity contribution in [3.05, 3.63) is 53.4 Å². The number of rotatable bonds is 6. The Morgan fingerprint density at radius 2 is 1.77 bits per heavy atom. The lowest BCUT2D eigenvalue weighted by Gasteiger charge is -2.42. The molecule has 8 heteroatoms. The average molecular weight is 436 g/mol. The van der Waals surface area contributed by atoms with E-state index in [0.717, 1.165) is 38.3 Å². The summed E-state index contributed by atoms with van der Waals surface area (Å²) >= 11 is 0. The number of carbonyl (C=O) groups is 1. The van der Waals surface area contributed by atoms with Gasteiger partial charge in [-0.05, 0) is 63.1 Å². The van der Waals surface area contributed by atoms with Crippen LogP contribution in [0.4, 0.5) is 13.2 Å². The molecule has 2 aliphatic carbocycles. The van der Waals surface area contributed by atoms with E-state index in [9.17, 15) is 23.1 Å². The Labute approximate surface area is 179 Å². The number of halogens is 3. The van der Waals surface area contributed by atoms with Crippen molar-refractivity contribution in [3.8, 4) is 0 Å². The van der Waals surface area contributed by atoms with Crippen LogP contribution in [0.5, 0.6) is 0 Å². The first-order chi connectivity index (χ1) is 14.7. The summed E-state index contributed by atoms with van der Waals surface area (Å²) < 4.78 is 43.9. The van der Waals surface area contributed by atoms with Gasteiger partial charge in [0.05, 0.1) is 18.2 Å². The maximum absolute atomic E-state index is 13.3. The van der Waals surface area contributed by atoms with Gasteiger partial charge in [-0.1, -0.05) is 17.3 Å². The fraction of sp³-hybridized carbons (Fsp3) is 0.565. The third-order valence-electron chi connectivity index (χ3n) is 6.91. The molecule has 0 bridgehead atoms. The van der Waals surface area contributed by atoms with Crippen LogP contribution < -0.4 is 0 Å². The van der Waals surface area contributed by atoms with Gasteiger partial charge in [0.2, 0.25) is 0 Å². The summed E-state index contributed by atoms with van der Waals surface area (Å²) in [6.07, 6.45) is 1.94. The molecule has 0 aliphatic heterocycles. The van der Waals surface area contributed by atoms with E-state index in [1.54, 1.807) is 6.07 Å². The second-order valence-corrected chi connectivity index (χ2v) is 8.88. The van der Waals surface area contributed by atoms with Crippen LogP contribution in [-0.4, -0.2) is 45.9 Å². The zero-order chi connectivity index (χ0) is 22.2. The standard InChI is InChI=1S/C23H27F3N2O3/c1-15(23(24,25)26)16-2-4-17(5-3-16)21(30)28(18-6-7-18)19-8-11-22(14-29,12-9-19)20-10-13-31-27-20/h2-5,10,13,15,18-19,29H,6-9,11-12,14H2,1H3/t15-,19?,22?/m1/s1. The highest BCUT2D eigenvalue weighted by Gasteiger charge is 2.44. The molecule has 1 amide bonds. The highest BCUT2D eigenvalue weighted by atomic mass is 19.4. The average Bonchev–Trinajstić information content (AvgIpc) is 3.44. The summed E-state index contributed by atoms with van der Waals surface area (Å²) in [5.74, 6) is -1.70. The van der Waals surface area contributed by atoms with Crippen molar-refractivity contribution >= 4 is 5.91 Å². The molecule has 31 heavy (non-hydrogen) atoms. The zero-order valence-electron chi connectivity index (χ0n) is 17.4. The summed E-state index contributed by atoms with van der Waals surface area (Å²) in [6.45, 7) is 1.10. The van der Waals surface area contributed by atoms with Gasteiger partial charge >= 0.3 is 6.18 Å². The van der Waals surface area contributed by atoms with Gasteiger partial charge in [-0.3, -0.25) is 4.79 Å². The van der Waals surface area contributed by atoms with Crippen molar-refractivity contribution in [2.45, 2.75) is 75.0 Å². The van der Waals surface area contributed by atoms with Gasteiger partial charge in [-0.2, -0.15) is 13.2 Å². The van der Waals surface area contributed by atoms with E-state index in [-0.39, 0.29) is 30.2 Å². The first-order valence-electron chi connectivity index (χ1n) is 10.8. The molecule has 0 saturated heterocycles. The highest BCUT2D eigenvalue weighted by Crippen LogP contribution is 2.43. The van der Waals surface area contributed by atoms with E-state index in [4.69, 9.17) is 4.52 Å². The second-order valence-electron chi connectivity index (χ2n) is 8.88. The highest BCUT2D eigenvalue weighted by molar-refractivity contribution is 5.95. The summed E-state index contributed by atoms with van der Waals surface area (Å²) in [4.78, 5) is 15.2. The minimum absolute atomic E-state index is 0.0253. The molecule has 4 rings (SSSR count). The summed E-state index contributed by atoms with van der Waals surface area (Å²) in [6, 6.07) is 7.82. The number of nitrogens with zero attached hydrogens (tertiary/aromatic N) is 2. The maximum atomic E-state index is 13.3. The number of hydrogen-bond acceptors (Lipinski definition) is 4. The van der Waals surface area contributed by atoms with Crippen molar-refractivity contribution < 1.29 is 27.6 Å². The van der Waals surface area contributed by atoms with E-state index in [0.29, 0.717) is 18.4 Å². The van der Waals surface area contributed by atoms with E-state index in [2.05, 4.69) is 5.16 Å². The molecule has 1 atom stereocenters. The Balaban J connectivity index is 1.48. The minimum atomic E-state index is -4.31. The largest absolute Gasteiger partial charge is 0.395 e. The number of carbonyl (C=O) groups excluding carboxylic acids is 1. The molecule has 0 radical (unpaired) electrons. The topological polar surface area (TPSA) is 66.6 Å². The molecule has 1 aromatic carbocycles. The molecule has 2 fully saturated rings. The van der Waals surface area contributed by atoms with Gasteiger partial charge in [0.15, 0.2) is 0 Å². The van der Waals surface area contributed by atoms with Crippen molar-refractivity contribution in [3.63, 3.8) is 0 Å². The SMILES string of the molecule is C[C@H](c1ccc(C(=O)N(C2CC2)C2CCC(CO)(c3ccon3)CC2)cc1)C(F)(F)F. The Bertz CT molecular complexity index is 884. The molecule has 0 spiro atoms. The number of aromatic nitrogens is 1. The molecule has 1 aromatic heterocycles. The van der Waals surface area contributed by atoms with Crippen LogP contribution in [-0.2, 0) is 5.41 Å². The lowest BCUT2D eigenvalue weighted by molar-refractivity contribution is -0.146. The van der Waals surface area contributed by atoms with E-state index < -0.39 is 17.5 Å². The number of hydrogen-bond donors (Lipinski definition) is 1. The van der Waals surface area contributed by atoms with Crippen LogP contribution in [0.3, 0.4) is 0 Å². The Kier molecular flexibility index (Phi) is 5.85. The third-order valence-corrected chi connectivity index (χ3v) is 6.91. The molecule has 2 saturated carbocycles. The van der Waals surface area contributed by atoms with Crippen molar-refractivity contribution in [1.29, 1.82) is 0 Å². The van der Waals surface area contributed by atoms with Crippen LogP contribution in [0.2, 0.25) is 0 Å². The van der Waals surface area contributed by atoms with Gasteiger partial charge < -0.3 is 14.5 Å². The lowest BCUT2D eigenvalue weighted by atomic mass is 9.70. The van der Waals surface area contributed by atoms with Crippen LogP contribution in [0, 0.1) is 0 Å².